The average molecular weight is 562 g/mol. The van der Waals surface area contributed by atoms with E-state index < -0.39 is 28.4 Å². The molecule has 0 spiro atoms. The van der Waals surface area contributed by atoms with Crippen molar-refractivity contribution in [2.45, 2.75) is 37.8 Å². The van der Waals surface area contributed by atoms with Crippen LogP contribution in [0.4, 0.5) is 24.8 Å². The zero-order valence-corrected chi connectivity index (χ0v) is 21.5. The number of nitrogens with two attached hydrogens (primary N) is 1. The minimum atomic E-state index is -4.61. The first-order chi connectivity index (χ1) is 16.9. The van der Waals surface area contributed by atoms with Crippen LogP contribution < -0.4 is 10.5 Å². The number of hydrogen-bond acceptors (Lipinski definition) is 8. The van der Waals surface area contributed by atoms with Crippen LogP contribution in [0.5, 0.6) is 0 Å². The van der Waals surface area contributed by atoms with E-state index in [0.717, 1.165) is 17.8 Å². The van der Waals surface area contributed by atoms with Gasteiger partial charge in [0, 0.05) is 30.4 Å². The molecule has 194 valence electrons. The summed E-state index contributed by atoms with van der Waals surface area (Å²) in [6.07, 6.45) is -3.04. The summed E-state index contributed by atoms with van der Waals surface area (Å²) in [5.41, 5.74) is 6.89. The highest BCUT2D eigenvalue weighted by Crippen LogP contribution is 2.46. The van der Waals surface area contributed by atoms with Gasteiger partial charge in [-0.2, -0.15) is 13.2 Å². The van der Waals surface area contributed by atoms with Gasteiger partial charge in [-0.25, -0.2) is 23.4 Å². The molecule has 3 aromatic rings. The van der Waals surface area contributed by atoms with Crippen LogP contribution >= 0.6 is 22.9 Å². The molecule has 3 N–H and O–H groups in total. The van der Waals surface area contributed by atoms with Crippen LogP contribution in [0.15, 0.2) is 30.5 Å². The van der Waals surface area contributed by atoms with Crippen molar-refractivity contribution in [2.75, 3.05) is 29.4 Å². The Bertz CT molecular complexity index is 1360. The second kappa shape index (κ2) is 10.1. The maximum Gasteiger partial charge on any atom is 0.390 e. The van der Waals surface area contributed by atoms with E-state index in [4.69, 9.17) is 27.1 Å². The second-order valence-electron chi connectivity index (χ2n) is 8.62. The fourth-order valence-corrected chi connectivity index (χ4v) is 6.41. The third-order valence-electron chi connectivity index (χ3n) is 5.82. The van der Waals surface area contributed by atoms with Gasteiger partial charge in [0.1, 0.15) is 0 Å². The first kappa shape index (κ1) is 26.6. The number of halogens is 4. The number of anilines is 2. The number of nitrogens with one attached hydrogen (secondary N) is 1. The molecule has 1 aliphatic heterocycles. The fourth-order valence-electron chi connectivity index (χ4n) is 3.73. The number of alkyl halides is 3. The largest absolute Gasteiger partial charge is 0.390 e. The Labute approximate surface area is 215 Å². The van der Waals surface area contributed by atoms with Gasteiger partial charge in [0.05, 0.1) is 44.2 Å². The smallest absolute Gasteiger partial charge is 0.381 e. The number of rotatable bonds is 7. The zero-order valence-electron chi connectivity index (χ0n) is 19.1. The van der Waals surface area contributed by atoms with Crippen LogP contribution in [0.2, 0.25) is 5.02 Å². The summed E-state index contributed by atoms with van der Waals surface area (Å²) in [6, 6.07) is 6.28. The lowest BCUT2D eigenvalue weighted by molar-refractivity contribution is -0.129. The minimum absolute atomic E-state index is 0.00495. The van der Waals surface area contributed by atoms with E-state index in [-0.39, 0.29) is 22.1 Å². The number of thiazole rings is 1. The van der Waals surface area contributed by atoms with Gasteiger partial charge in [-0.15, -0.1) is 11.3 Å². The number of benzene rings is 1. The molecule has 1 aromatic carbocycles. The van der Waals surface area contributed by atoms with Gasteiger partial charge in [-0.05, 0) is 25.0 Å². The van der Waals surface area contributed by atoms with Crippen LogP contribution in [0.3, 0.4) is 0 Å². The molecule has 0 radical (unpaired) electrons. The Hall–Kier alpha value is -2.48. The average Bonchev–Trinajstić information content (AvgIpc) is 3.26. The highest BCUT2D eigenvalue weighted by atomic mass is 35.5. The van der Waals surface area contributed by atoms with E-state index in [0.29, 0.717) is 35.0 Å². The molecule has 1 fully saturated rings. The molecule has 0 saturated carbocycles. The lowest BCUT2D eigenvalue weighted by Gasteiger charge is -2.31. The number of nitrogen functional groups attached to an aromatic ring is 1. The first-order valence-corrected chi connectivity index (χ1v) is 13.8. The van der Waals surface area contributed by atoms with Crippen LogP contribution in [-0.4, -0.2) is 48.5 Å². The van der Waals surface area contributed by atoms with Crippen molar-refractivity contribution in [3.05, 3.63) is 40.5 Å². The number of nitrogens with zero attached hydrogens (tertiary/aromatic N) is 3. The summed E-state index contributed by atoms with van der Waals surface area (Å²) < 4.78 is 70.0. The summed E-state index contributed by atoms with van der Waals surface area (Å²) in [5.74, 6) is -1.05. The Morgan fingerprint density at radius 1 is 1.22 bits per heavy atom. The minimum Gasteiger partial charge on any atom is -0.381 e. The summed E-state index contributed by atoms with van der Waals surface area (Å²) in [5, 5.41) is 0.838. The predicted octanol–water partition coefficient (Wildman–Crippen LogP) is 5.26. The molecule has 1 aliphatic rings. The summed E-state index contributed by atoms with van der Waals surface area (Å²) in [6.45, 7) is 3.29. The van der Waals surface area contributed by atoms with Crippen molar-refractivity contribution in [2.24, 2.45) is 0 Å². The fraction of sp³-hybridized carbons (Fsp3) is 0.409. The quantitative estimate of drug-likeness (QED) is 0.403. The van der Waals surface area contributed by atoms with Crippen LogP contribution in [0.1, 0.15) is 31.2 Å². The topological polar surface area (TPSA) is 120 Å². The number of ether oxygens (including phenoxy) is 1. The lowest BCUT2D eigenvalue weighted by atomic mass is 9.83. The van der Waals surface area contributed by atoms with Crippen molar-refractivity contribution in [3.8, 4) is 21.8 Å². The molecule has 1 saturated heterocycles. The van der Waals surface area contributed by atoms with Crippen molar-refractivity contribution >= 4 is 44.6 Å². The summed E-state index contributed by atoms with van der Waals surface area (Å²) >= 11 is 8.02. The molecule has 4 rings (SSSR count). The molecule has 0 unspecified atom stereocenters. The van der Waals surface area contributed by atoms with Crippen LogP contribution in [0.25, 0.3) is 21.8 Å². The van der Waals surface area contributed by atoms with Crippen molar-refractivity contribution in [1.82, 2.24) is 15.0 Å². The maximum atomic E-state index is 12.6. The van der Waals surface area contributed by atoms with E-state index in [2.05, 4.69) is 21.6 Å². The molecule has 0 atom stereocenters. The number of hydrogen-bond donors (Lipinski definition) is 2. The Morgan fingerprint density at radius 3 is 2.61 bits per heavy atom. The highest BCUT2D eigenvalue weighted by molar-refractivity contribution is 7.92. The van der Waals surface area contributed by atoms with Gasteiger partial charge < -0.3 is 10.5 Å². The summed E-state index contributed by atoms with van der Waals surface area (Å²) in [4.78, 5) is 13.8. The molecule has 0 aliphatic carbocycles. The lowest BCUT2D eigenvalue weighted by Crippen LogP contribution is -2.30. The maximum absolute atomic E-state index is 12.6. The zero-order chi connectivity index (χ0) is 26.1. The molecule has 36 heavy (non-hydrogen) atoms. The van der Waals surface area contributed by atoms with E-state index in [9.17, 15) is 21.6 Å². The molecule has 0 bridgehead atoms. The van der Waals surface area contributed by atoms with E-state index in [1.165, 1.54) is 23.6 Å². The molecule has 14 heteroatoms. The van der Waals surface area contributed by atoms with E-state index in [1.807, 2.05) is 0 Å². The number of aromatic nitrogens is 3. The van der Waals surface area contributed by atoms with Gasteiger partial charge in [0.2, 0.25) is 16.0 Å². The van der Waals surface area contributed by atoms with Crippen LogP contribution in [0, 0.1) is 0 Å². The SMILES string of the molecule is CC1(c2nc(-c3cccc(NS(=O)(=O)CCC(F)(F)F)c3Cl)c(-c3ccnc(N)n3)s2)CCOCC1. The molecular weight excluding hydrogens is 539 g/mol. The van der Waals surface area contributed by atoms with Gasteiger partial charge in [0.15, 0.2) is 0 Å². The van der Waals surface area contributed by atoms with E-state index >= 15 is 0 Å². The standard InChI is InChI=1S/C22H23ClF3N5O3S2/c1-21(6-10-34-11-7-21)19-30-17(18(35-19)15-5-9-28-20(27)29-15)13-3-2-4-14(16(13)23)31-36(32,33)12-8-22(24,25)26/h2-5,9,31H,6-8,10-12H2,1H3,(H2,27,28,29). The second-order valence-corrected chi connectivity index (χ2v) is 11.8. The molecule has 0 amide bonds. The Kier molecular flexibility index (Phi) is 7.47. The first-order valence-electron chi connectivity index (χ1n) is 10.9. The van der Waals surface area contributed by atoms with Gasteiger partial charge in [0.25, 0.3) is 0 Å². The van der Waals surface area contributed by atoms with Gasteiger partial charge in [-0.1, -0.05) is 30.7 Å². The molecule has 2 aromatic heterocycles. The Balaban J connectivity index is 1.78. The molecule has 3 heterocycles. The van der Waals surface area contributed by atoms with Crippen molar-refractivity contribution in [3.63, 3.8) is 0 Å². The van der Waals surface area contributed by atoms with Gasteiger partial charge in [-0.3, -0.25) is 4.72 Å². The van der Waals surface area contributed by atoms with Crippen molar-refractivity contribution < 1.29 is 26.3 Å². The Morgan fingerprint density at radius 2 is 1.94 bits per heavy atom. The van der Waals surface area contributed by atoms with Crippen LogP contribution in [-0.2, 0) is 20.2 Å². The predicted molar refractivity (Wildman–Crippen MR) is 133 cm³/mol. The third kappa shape index (κ3) is 6.07. The monoisotopic (exact) mass is 561 g/mol. The summed E-state index contributed by atoms with van der Waals surface area (Å²) in [7, 11) is -4.30. The molecule has 8 nitrogen and oxygen atoms in total. The van der Waals surface area contributed by atoms with Gasteiger partial charge >= 0.3 is 6.18 Å². The van der Waals surface area contributed by atoms with Crippen molar-refractivity contribution in [1.29, 1.82) is 0 Å². The third-order valence-corrected chi connectivity index (χ3v) is 8.88. The van der Waals surface area contributed by atoms with E-state index in [1.54, 1.807) is 18.2 Å². The normalized spacial score (nSPS) is 16.1. The molecular formula is C22H23ClF3N5O3S2. The highest BCUT2D eigenvalue weighted by Gasteiger charge is 2.35. The number of sulfonamides is 1.